The highest BCUT2D eigenvalue weighted by Crippen LogP contribution is 2.17. The standard InChI is InChI=1S/C17H16BrN5O4/c1-11(23-8-12(6-20-23)17(25)26)16(24)21-14-7-19-22(9-14)10-27-15-4-2-13(18)3-5-15/h2-9,11H,10H2,1H3,(H,21,24)(H,25,26). The second kappa shape index (κ2) is 8.04. The van der Waals surface area contributed by atoms with E-state index in [-0.39, 0.29) is 18.2 Å². The number of aromatic carboxylic acids is 1. The van der Waals surface area contributed by atoms with Gasteiger partial charge < -0.3 is 15.2 Å². The maximum Gasteiger partial charge on any atom is 0.338 e. The molecule has 2 heterocycles. The molecule has 0 radical (unpaired) electrons. The van der Waals surface area contributed by atoms with Gasteiger partial charge in [-0.2, -0.15) is 10.2 Å². The van der Waals surface area contributed by atoms with Crippen molar-refractivity contribution in [2.45, 2.75) is 19.7 Å². The molecule has 0 aliphatic rings. The normalized spacial score (nSPS) is 11.8. The van der Waals surface area contributed by atoms with Gasteiger partial charge in [-0.25, -0.2) is 9.48 Å². The van der Waals surface area contributed by atoms with E-state index in [4.69, 9.17) is 9.84 Å². The first kappa shape index (κ1) is 18.6. The Kier molecular flexibility index (Phi) is 5.55. The van der Waals surface area contributed by atoms with Gasteiger partial charge in [-0.1, -0.05) is 15.9 Å². The Bertz CT molecular complexity index is 950. The van der Waals surface area contributed by atoms with E-state index in [1.165, 1.54) is 23.3 Å². The summed E-state index contributed by atoms with van der Waals surface area (Å²) in [5.74, 6) is -0.745. The van der Waals surface area contributed by atoms with Crippen LogP contribution in [0.3, 0.4) is 0 Å². The zero-order valence-corrected chi connectivity index (χ0v) is 15.8. The molecule has 1 atom stereocenters. The van der Waals surface area contributed by atoms with Gasteiger partial charge in [0.2, 0.25) is 5.91 Å². The van der Waals surface area contributed by atoms with E-state index in [0.29, 0.717) is 11.4 Å². The third-order valence-corrected chi connectivity index (χ3v) is 4.23. The molecule has 0 saturated carbocycles. The number of amides is 1. The number of hydrogen-bond acceptors (Lipinski definition) is 5. The smallest absolute Gasteiger partial charge is 0.338 e. The first-order chi connectivity index (χ1) is 12.9. The third kappa shape index (κ3) is 4.73. The Morgan fingerprint density at radius 3 is 2.63 bits per heavy atom. The summed E-state index contributed by atoms with van der Waals surface area (Å²) in [5.41, 5.74) is 0.518. The number of hydrogen-bond donors (Lipinski definition) is 2. The van der Waals surface area contributed by atoms with Crippen LogP contribution in [0.15, 0.2) is 53.5 Å². The van der Waals surface area contributed by atoms with Crippen molar-refractivity contribution in [3.63, 3.8) is 0 Å². The van der Waals surface area contributed by atoms with Crippen molar-refractivity contribution in [3.8, 4) is 5.75 Å². The monoisotopic (exact) mass is 433 g/mol. The predicted octanol–water partition coefficient (Wildman–Crippen LogP) is 2.78. The number of aromatic nitrogens is 4. The number of carboxylic acid groups (broad SMARTS) is 1. The number of anilines is 1. The average molecular weight is 434 g/mol. The minimum absolute atomic E-state index is 0.0209. The lowest BCUT2D eigenvalue weighted by atomic mass is 10.3. The molecule has 0 aliphatic carbocycles. The van der Waals surface area contributed by atoms with Crippen LogP contribution < -0.4 is 10.1 Å². The number of nitrogens with one attached hydrogen (secondary N) is 1. The van der Waals surface area contributed by atoms with Crippen LogP contribution in [0.1, 0.15) is 23.3 Å². The fourth-order valence-electron chi connectivity index (χ4n) is 2.20. The SMILES string of the molecule is CC(C(=O)Nc1cnn(COc2ccc(Br)cc2)c1)n1cc(C(=O)O)cn1. The lowest BCUT2D eigenvalue weighted by Gasteiger charge is -2.11. The van der Waals surface area contributed by atoms with E-state index >= 15 is 0 Å². The molecule has 1 amide bonds. The van der Waals surface area contributed by atoms with Gasteiger partial charge in [0.25, 0.3) is 0 Å². The number of benzene rings is 1. The van der Waals surface area contributed by atoms with E-state index < -0.39 is 12.0 Å². The molecule has 0 spiro atoms. The fourth-order valence-corrected chi connectivity index (χ4v) is 2.46. The molecule has 140 valence electrons. The number of ether oxygens (including phenoxy) is 1. The minimum Gasteiger partial charge on any atom is -0.478 e. The van der Waals surface area contributed by atoms with Gasteiger partial charge in [0.05, 0.1) is 29.8 Å². The predicted molar refractivity (Wildman–Crippen MR) is 99.5 cm³/mol. The Morgan fingerprint density at radius 1 is 1.22 bits per heavy atom. The van der Waals surface area contributed by atoms with Crippen LogP contribution in [0.5, 0.6) is 5.75 Å². The van der Waals surface area contributed by atoms with Crippen molar-refractivity contribution in [1.29, 1.82) is 0 Å². The van der Waals surface area contributed by atoms with Crippen molar-refractivity contribution in [2.75, 3.05) is 5.32 Å². The van der Waals surface area contributed by atoms with Gasteiger partial charge in [-0.05, 0) is 31.2 Å². The van der Waals surface area contributed by atoms with Crippen molar-refractivity contribution >= 4 is 33.5 Å². The van der Waals surface area contributed by atoms with Crippen molar-refractivity contribution in [1.82, 2.24) is 19.6 Å². The fraction of sp³-hybridized carbons (Fsp3) is 0.176. The zero-order chi connectivity index (χ0) is 19.4. The van der Waals surface area contributed by atoms with Crippen LogP contribution in [-0.2, 0) is 11.5 Å². The quantitative estimate of drug-likeness (QED) is 0.592. The van der Waals surface area contributed by atoms with Crippen LogP contribution in [0.4, 0.5) is 5.69 Å². The molecule has 2 aromatic heterocycles. The van der Waals surface area contributed by atoms with Gasteiger partial charge >= 0.3 is 5.97 Å². The molecule has 3 aromatic rings. The molecule has 9 nitrogen and oxygen atoms in total. The first-order valence-electron chi connectivity index (χ1n) is 7.91. The van der Waals surface area contributed by atoms with E-state index in [9.17, 15) is 9.59 Å². The Balaban J connectivity index is 1.56. The number of halogens is 1. The third-order valence-electron chi connectivity index (χ3n) is 3.70. The molecule has 0 aliphatic heterocycles. The number of carboxylic acids is 1. The van der Waals surface area contributed by atoms with E-state index in [2.05, 4.69) is 31.4 Å². The molecule has 10 heteroatoms. The average Bonchev–Trinajstić information content (AvgIpc) is 3.30. The summed E-state index contributed by atoms with van der Waals surface area (Å²) in [7, 11) is 0. The van der Waals surface area contributed by atoms with Gasteiger partial charge in [0.15, 0.2) is 6.73 Å². The van der Waals surface area contributed by atoms with E-state index in [0.717, 1.165) is 4.47 Å². The molecule has 0 bridgehead atoms. The lowest BCUT2D eigenvalue weighted by molar-refractivity contribution is -0.119. The van der Waals surface area contributed by atoms with Crippen molar-refractivity contribution in [3.05, 3.63) is 59.1 Å². The molecule has 0 saturated heterocycles. The highest BCUT2D eigenvalue weighted by Gasteiger charge is 2.18. The maximum absolute atomic E-state index is 12.3. The lowest BCUT2D eigenvalue weighted by Crippen LogP contribution is -2.23. The number of nitrogens with zero attached hydrogens (tertiary/aromatic N) is 4. The van der Waals surface area contributed by atoms with Crippen molar-refractivity contribution in [2.24, 2.45) is 0 Å². The van der Waals surface area contributed by atoms with Gasteiger partial charge in [-0.3, -0.25) is 9.48 Å². The van der Waals surface area contributed by atoms with E-state index in [1.807, 2.05) is 24.3 Å². The zero-order valence-electron chi connectivity index (χ0n) is 14.2. The van der Waals surface area contributed by atoms with Crippen LogP contribution in [-0.4, -0.2) is 36.5 Å². The first-order valence-corrected chi connectivity index (χ1v) is 8.71. The summed E-state index contributed by atoms with van der Waals surface area (Å²) < 4.78 is 9.40. The second-order valence-corrected chi connectivity index (χ2v) is 6.59. The van der Waals surface area contributed by atoms with E-state index in [1.54, 1.807) is 17.8 Å². The maximum atomic E-state index is 12.3. The van der Waals surface area contributed by atoms with Gasteiger partial charge in [-0.15, -0.1) is 0 Å². The molecular formula is C17H16BrN5O4. The molecule has 0 fully saturated rings. The molecule has 2 N–H and O–H groups in total. The topological polar surface area (TPSA) is 111 Å². The number of carbonyl (C=O) groups excluding carboxylic acids is 1. The van der Waals surface area contributed by atoms with Crippen molar-refractivity contribution < 1.29 is 19.4 Å². The number of rotatable bonds is 7. The molecule has 3 rings (SSSR count). The summed E-state index contributed by atoms with van der Waals surface area (Å²) in [6, 6.07) is 6.72. The van der Waals surface area contributed by atoms with Crippen LogP contribution in [0.2, 0.25) is 0 Å². The molecular weight excluding hydrogens is 418 g/mol. The molecule has 27 heavy (non-hydrogen) atoms. The Morgan fingerprint density at radius 2 is 1.96 bits per heavy atom. The van der Waals surface area contributed by atoms with Crippen LogP contribution in [0, 0.1) is 0 Å². The van der Waals surface area contributed by atoms with Gasteiger partial charge in [0, 0.05) is 10.7 Å². The molecule has 1 unspecified atom stereocenters. The summed E-state index contributed by atoms with van der Waals surface area (Å²) in [6.07, 6.45) is 5.64. The summed E-state index contributed by atoms with van der Waals surface area (Å²) >= 11 is 3.36. The van der Waals surface area contributed by atoms with Crippen LogP contribution >= 0.6 is 15.9 Å². The Labute approximate surface area is 162 Å². The number of carbonyl (C=O) groups is 2. The van der Waals surface area contributed by atoms with Crippen LogP contribution in [0.25, 0.3) is 0 Å². The minimum atomic E-state index is -1.10. The second-order valence-electron chi connectivity index (χ2n) is 5.68. The largest absolute Gasteiger partial charge is 0.478 e. The highest BCUT2D eigenvalue weighted by molar-refractivity contribution is 9.10. The van der Waals surface area contributed by atoms with Gasteiger partial charge in [0.1, 0.15) is 11.8 Å². The summed E-state index contributed by atoms with van der Waals surface area (Å²) in [5, 5.41) is 19.7. The highest BCUT2D eigenvalue weighted by atomic mass is 79.9. The molecule has 1 aromatic carbocycles. The Hall–Kier alpha value is -3.14. The summed E-state index contributed by atoms with van der Waals surface area (Å²) in [6.45, 7) is 1.81. The summed E-state index contributed by atoms with van der Waals surface area (Å²) in [4.78, 5) is 23.2.